The number of nitrogens with one attached hydrogen (secondary N) is 1. The Bertz CT molecular complexity index is 171. The number of hydrogen-bond acceptors (Lipinski definition) is 1. The number of carbonyl (C=O) groups excluding carboxylic acids is 1. The minimum atomic E-state index is 0.187. The molecule has 74 valence electrons. The Morgan fingerprint density at radius 3 is 2.69 bits per heavy atom. The van der Waals surface area contributed by atoms with Gasteiger partial charge in [-0.3, -0.25) is 4.79 Å². The molecule has 0 atom stereocenters. The third-order valence-corrected chi connectivity index (χ3v) is 2.64. The zero-order chi connectivity index (χ0) is 9.52. The molecule has 0 aromatic carbocycles. The van der Waals surface area contributed by atoms with Crippen LogP contribution in [-0.4, -0.2) is 12.5 Å². The lowest BCUT2D eigenvalue weighted by Crippen LogP contribution is -2.26. The minimum absolute atomic E-state index is 0.187. The van der Waals surface area contributed by atoms with E-state index in [4.69, 9.17) is 0 Å². The highest BCUT2D eigenvalue weighted by atomic mass is 16.1. The molecule has 2 nitrogen and oxygen atoms in total. The third kappa shape index (κ3) is 4.11. The van der Waals surface area contributed by atoms with Gasteiger partial charge >= 0.3 is 0 Å². The molecule has 1 fully saturated rings. The monoisotopic (exact) mass is 181 g/mol. The lowest BCUT2D eigenvalue weighted by Gasteiger charge is -2.20. The lowest BCUT2D eigenvalue weighted by atomic mass is 9.87. The normalized spacial score (nSPS) is 18.2. The largest absolute Gasteiger partial charge is 0.353 e. The van der Waals surface area contributed by atoms with Crippen LogP contribution in [0.3, 0.4) is 0 Å². The molecule has 1 rings (SSSR count). The first-order valence-corrected chi connectivity index (χ1v) is 5.20. The molecular formula is C11H19NO. The first-order chi connectivity index (χ1) is 6.33. The van der Waals surface area contributed by atoms with E-state index in [1.807, 2.05) is 0 Å². The summed E-state index contributed by atoms with van der Waals surface area (Å²) in [6.07, 6.45) is 8.87. The zero-order valence-electron chi connectivity index (χ0n) is 8.22. The highest BCUT2D eigenvalue weighted by Gasteiger charge is 2.16. The van der Waals surface area contributed by atoms with Gasteiger partial charge in [0.05, 0.1) is 0 Å². The molecule has 0 aromatic heterocycles. The number of amides is 1. The van der Waals surface area contributed by atoms with Crippen molar-refractivity contribution in [3.8, 4) is 0 Å². The summed E-state index contributed by atoms with van der Waals surface area (Å²) in [4.78, 5) is 11.3. The Morgan fingerprint density at radius 1 is 1.38 bits per heavy atom. The highest BCUT2D eigenvalue weighted by Crippen LogP contribution is 2.25. The van der Waals surface area contributed by atoms with E-state index in [9.17, 15) is 4.79 Å². The van der Waals surface area contributed by atoms with Crippen molar-refractivity contribution >= 4 is 5.91 Å². The predicted molar refractivity (Wildman–Crippen MR) is 54.4 cm³/mol. The van der Waals surface area contributed by atoms with Crippen LogP contribution < -0.4 is 5.32 Å². The van der Waals surface area contributed by atoms with Gasteiger partial charge in [0.2, 0.25) is 5.91 Å². The summed E-state index contributed by atoms with van der Waals surface area (Å²) >= 11 is 0. The highest BCUT2D eigenvalue weighted by molar-refractivity contribution is 5.76. The molecule has 0 heterocycles. The van der Waals surface area contributed by atoms with Gasteiger partial charge in [0.15, 0.2) is 0 Å². The standard InChI is InChI=1S/C11H19NO/c1-2-8-12-11(13)9-10-6-4-3-5-7-10/h2,10H,1,3-9H2,(H,12,13). The average Bonchev–Trinajstić information content (AvgIpc) is 2.16. The van der Waals surface area contributed by atoms with Gasteiger partial charge in [0.25, 0.3) is 0 Å². The van der Waals surface area contributed by atoms with Gasteiger partial charge in [-0.15, -0.1) is 6.58 Å². The molecule has 0 saturated heterocycles. The molecule has 1 amide bonds. The van der Waals surface area contributed by atoms with E-state index in [1.54, 1.807) is 6.08 Å². The molecule has 13 heavy (non-hydrogen) atoms. The summed E-state index contributed by atoms with van der Waals surface area (Å²) in [7, 11) is 0. The number of rotatable bonds is 4. The maximum atomic E-state index is 11.3. The van der Waals surface area contributed by atoms with Crippen molar-refractivity contribution in [1.29, 1.82) is 0 Å². The van der Waals surface area contributed by atoms with Gasteiger partial charge in [-0.25, -0.2) is 0 Å². The summed E-state index contributed by atoms with van der Waals surface area (Å²) in [6.45, 7) is 4.17. The van der Waals surface area contributed by atoms with Gasteiger partial charge in [-0.2, -0.15) is 0 Å². The fourth-order valence-corrected chi connectivity index (χ4v) is 1.91. The van der Waals surface area contributed by atoms with Crippen LogP contribution in [0.5, 0.6) is 0 Å². The molecule has 2 heteroatoms. The summed E-state index contributed by atoms with van der Waals surface area (Å²) in [5, 5.41) is 2.82. The fourth-order valence-electron chi connectivity index (χ4n) is 1.91. The number of hydrogen-bond donors (Lipinski definition) is 1. The van der Waals surface area contributed by atoms with Gasteiger partial charge in [-0.1, -0.05) is 25.3 Å². The van der Waals surface area contributed by atoms with E-state index in [2.05, 4.69) is 11.9 Å². The van der Waals surface area contributed by atoms with Crippen molar-refractivity contribution in [2.75, 3.05) is 6.54 Å². The Kier molecular flexibility index (Phi) is 4.58. The quantitative estimate of drug-likeness (QED) is 0.662. The maximum Gasteiger partial charge on any atom is 0.220 e. The van der Waals surface area contributed by atoms with Gasteiger partial charge in [0, 0.05) is 13.0 Å². The van der Waals surface area contributed by atoms with Crippen molar-refractivity contribution in [1.82, 2.24) is 5.32 Å². The molecular weight excluding hydrogens is 162 g/mol. The van der Waals surface area contributed by atoms with E-state index in [0.717, 1.165) is 0 Å². The Labute approximate surface area is 80.4 Å². The lowest BCUT2D eigenvalue weighted by molar-refractivity contribution is -0.122. The van der Waals surface area contributed by atoms with Crippen molar-refractivity contribution in [2.45, 2.75) is 38.5 Å². The second-order valence-electron chi connectivity index (χ2n) is 3.80. The molecule has 0 bridgehead atoms. The molecule has 1 N–H and O–H groups in total. The van der Waals surface area contributed by atoms with Crippen LogP contribution in [0.1, 0.15) is 38.5 Å². The molecule has 1 saturated carbocycles. The SMILES string of the molecule is C=CCNC(=O)CC1CCCCC1. The Morgan fingerprint density at radius 2 is 2.08 bits per heavy atom. The topological polar surface area (TPSA) is 29.1 Å². The van der Waals surface area contributed by atoms with E-state index in [-0.39, 0.29) is 5.91 Å². The molecule has 1 aliphatic carbocycles. The van der Waals surface area contributed by atoms with E-state index in [0.29, 0.717) is 18.9 Å². The van der Waals surface area contributed by atoms with Crippen LogP contribution in [0.2, 0.25) is 0 Å². The number of carbonyl (C=O) groups is 1. The predicted octanol–water partition coefficient (Wildman–Crippen LogP) is 2.26. The van der Waals surface area contributed by atoms with E-state index in [1.165, 1.54) is 32.1 Å². The van der Waals surface area contributed by atoms with Crippen molar-refractivity contribution < 1.29 is 4.79 Å². The van der Waals surface area contributed by atoms with Crippen molar-refractivity contribution in [3.63, 3.8) is 0 Å². The summed E-state index contributed by atoms with van der Waals surface area (Å²) in [6, 6.07) is 0. The van der Waals surface area contributed by atoms with Gasteiger partial charge in [-0.05, 0) is 18.8 Å². The van der Waals surface area contributed by atoms with Crippen LogP contribution in [-0.2, 0) is 4.79 Å². The van der Waals surface area contributed by atoms with Crippen LogP contribution in [0.25, 0.3) is 0 Å². The molecule has 0 aliphatic heterocycles. The minimum Gasteiger partial charge on any atom is -0.353 e. The molecule has 0 radical (unpaired) electrons. The molecule has 0 unspecified atom stereocenters. The van der Waals surface area contributed by atoms with E-state index >= 15 is 0 Å². The van der Waals surface area contributed by atoms with Crippen LogP contribution in [0.15, 0.2) is 12.7 Å². The average molecular weight is 181 g/mol. The fraction of sp³-hybridized carbons (Fsp3) is 0.727. The first kappa shape index (κ1) is 10.3. The molecule has 0 spiro atoms. The Balaban J connectivity index is 2.14. The first-order valence-electron chi connectivity index (χ1n) is 5.20. The van der Waals surface area contributed by atoms with Crippen LogP contribution in [0, 0.1) is 5.92 Å². The summed E-state index contributed by atoms with van der Waals surface area (Å²) in [5.74, 6) is 0.824. The van der Waals surface area contributed by atoms with E-state index < -0.39 is 0 Å². The van der Waals surface area contributed by atoms with Gasteiger partial charge < -0.3 is 5.32 Å². The smallest absolute Gasteiger partial charge is 0.220 e. The second kappa shape index (κ2) is 5.79. The zero-order valence-corrected chi connectivity index (χ0v) is 8.22. The van der Waals surface area contributed by atoms with Crippen molar-refractivity contribution in [2.24, 2.45) is 5.92 Å². The molecule has 1 aliphatic rings. The third-order valence-electron chi connectivity index (χ3n) is 2.64. The van der Waals surface area contributed by atoms with Crippen LogP contribution >= 0.6 is 0 Å². The van der Waals surface area contributed by atoms with Gasteiger partial charge in [0.1, 0.15) is 0 Å². The summed E-state index contributed by atoms with van der Waals surface area (Å²) in [5.41, 5.74) is 0. The molecule has 0 aromatic rings. The maximum absolute atomic E-state index is 11.3. The summed E-state index contributed by atoms with van der Waals surface area (Å²) < 4.78 is 0. The second-order valence-corrected chi connectivity index (χ2v) is 3.80. The van der Waals surface area contributed by atoms with Crippen molar-refractivity contribution in [3.05, 3.63) is 12.7 Å². The Hall–Kier alpha value is -0.790. The van der Waals surface area contributed by atoms with Crippen LogP contribution in [0.4, 0.5) is 0 Å².